The van der Waals surface area contributed by atoms with Crippen LogP contribution in [0.15, 0.2) is 24.3 Å². The molecule has 1 aromatic carbocycles. The molecule has 2 heteroatoms. The molecule has 2 nitrogen and oxygen atoms in total. The zero-order chi connectivity index (χ0) is 14.4. The predicted molar refractivity (Wildman–Crippen MR) is 83.3 cm³/mol. The van der Waals surface area contributed by atoms with Crippen molar-refractivity contribution in [3.05, 3.63) is 29.8 Å². The van der Waals surface area contributed by atoms with Gasteiger partial charge in [0.1, 0.15) is 11.9 Å². The molecule has 0 radical (unpaired) electrons. The Morgan fingerprint density at radius 3 is 2.40 bits per heavy atom. The van der Waals surface area contributed by atoms with Crippen LogP contribution in [0.2, 0.25) is 0 Å². The molecule has 3 unspecified atom stereocenters. The molecule has 1 N–H and O–H groups in total. The summed E-state index contributed by atoms with van der Waals surface area (Å²) in [7, 11) is 0. The van der Waals surface area contributed by atoms with Gasteiger partial charge in [0.15, 0.2) is 0 Å². The molecule has 0 amide bonds. The molecule has 0 aliphatic heterocycles. The second-order valence-corrected chi connectivity index (χ2v) is 6.09. The minimum atomic E-state index is -0.315. The van der Waals surface area contributed by atoms with Gasteiger partial charge >= 0.3 is 0 Å². The highest BCUT2D eigenvalue weighted by Crippen LogP contribution is 2.25. The van der Waals surface area contributed by atoms with E-state index < -0.39 is 0 Å². The van der Waals surface area contributed by atoms with Gasteiger partial charge in [0.05, 0.1) is 6.10 Å². The molecular formula is C18H28O2. The average molecular weight is 276 g/mol. The van der Waals surface area contributed by atoms with Crippen molar-refractivity contribution in [2.75, 3.05) is 0 Å². The number of aliphatic hydroxyl groups is 1. The van der Waals surface area contributed by atoms with Crippen LogP contribution in [0.1, 0.15) is 70.3 Å². The standard InChI is InChI=1S/C18H28O2/c1-3-14(2)15-10-12-16(13-11-15)20-18-9-7-5-4-6-8-17(18)19/h10-14,17-19H,3-9H2,1-2H3. The molecular weight excluding hydrogens is 248 g/mol. The number of hydrogen-bond acceptors (Lipinski definition) is 2. The van der Waals surface area contributed by atoms with Gasteiger partial charge in [-0.05, 0) is 49.3 Å². The molecule has 20 heavy (non-hydrogen) atoms. The van der Waals surface area contributed by atoms with Crippen molar-refractivity contribution in [1.82, 2.24) is 0 Å². The monoisotopic (exact) mass is 276 g/mol. The third-order valence-corrected chi connectivity index (χ3v) is 4.52. The largest absolute Gasteiger partial charge is 0.488 e. The summed E-state index contributed by atoms with van der Waals surface area (Å²) >= 11 is 0. The molecule has 0 spiro atoms. The topological polar surface area (TPSA) is 29.5 Å². The Kier molecular flexibility index (Phi) is 5.90. The van der Waals surface area contributed by atoms with E-state index >= 15 is 0 Å². The lowest BCUT2D eigenvalue weighted by molar-refractivity contribution is 0.0187. The van der Waals surface area contributed by atoms with Crippen molar-refractivity contribution in [2.45, 2.75) is 76.9 Å². The summed E-state index contributed by atoms with van der Waals surface area (Å²) in [5, 5.41) is 10.2. The fourth-order valence-corrected chi connectivity index (χ4v) is 2.85. The fraction of sp³-hybridized carbons (Fsp3) is 0.667. The van der Waals surface area contributed by atoms with Crippen LogP contribution in [0, 0.1) is 0 Å². The van der Waals surface area contributed by atoms with Crippen molar-refractivity contribution in [1.29, 1.82) is 0 Å². The predicted octanol–water partition coefficient (Wildman–Crippen LogP) is 4.66. The second-order valence-electron chi connectivity index (χ2n) is 6.09. The van der Waals surface area contributed by atoms with Gasteiger partial charge in [-0.15, -0.1) is 0 Å². The van der Waals surface area contributed by atoms with Crippen molar-refractivity contribution in [3.8, 4) is 5.75 Å². The zero-order valence-corrected chi connectivity index (χ0v) is 12.8. The Morgan fingerprint density at radius 2 is 1.75 bits per heavy atom. The maximum atomic E-state index is 10.2. The van der Waals surface area contributed by atoms with Gasteiger partial charge in [0.25, 0.3) is 0 Å². The lowest BCUT2D eigenvalue weighted by Gasteiger charge is -2.26. The zero-order valence-electron chi connectivity index (χ0n) is 12.8. The number of hydrogen-bond donors (Lipinski definition) is 1. The van der Waals surface area contributed by atoms with Crippen LogP contribution in [0.3, 0.4) is 0 Å². The van der Waals surface area contributed by atoms with Crippen LogP contribution in [0.4, 0.5) is 0 Å². The Balaban J connectivity index is 1.97. The van der Waals surface area contributed by atoms with Crippen LogP contribution in [0.25, 0.3) is 0 Å². The molecule has 1 saturated carbocycles. The molecule has 0 aromatic heterocycles. The van der Waals surface area contributed by atoms with Crippen LogP contribution < -0.4 is 4.74 Å². The van der Waals surface area contributed by atoms with Gasteiger partial charge in [-0.1, -0.05) is 45.2 Å². The van der Waals surface area contributed by atoms with Gasteiger partial charge in [0.2, 0.25) is 0 Å². The summed E-state index contributed by atoms with van der Waals surface area (Å²) in [6.07, 6.45) is 7.42. The third-order valence-electron chi connectivity index (χ3n) is 4.52. The first-order valence-electron chi connectivity index (χ1n) is 8.15. The quantitative estimate of drug-likeness (QED) is 0.866. The van der Waals surface area contributed by atoms with E-state index in [9.17, 15) is 5.11 Å². The van der Waals surface area contributed by atoms with Crippen molar-refractivity contribution < 1.29 is 9.84 Å². The molecule has 0 bridgehead atoms. The maximum Gasteiger partial charge on any atom is 0.124 e. The number of rotatable bonds is 4. The lowest BCUT2D eigenvalue weighted by Crippen LogP contribution is -2.32. The maximum absolute atomic E-state index is 10.2. The molecule has 1 fully saturated rings. The minimum Gasteiger partial charge on any atom is -0.488 e. The third kappa shape index (κ3) is 4.24. The van der Waals surface area contributed by atoms with Gasteiger partial charge < -0.3 is 9.84 Å². The molecule has 1 aromatic rings. The summed E-state index contributed by atoms with van der Waals surface area (Å²) in [5.41, 5.74) is 1.36. The van der Waals surface area contributed by atoms with E-state index in [-0.39, 0.29) is 12.2 Å². The summed E-state index contributed by atoms with van der Waals surface area (Å²) in [4.78, 5) is 0. The highest BCUT2D eigenvalue weighted by atomic mass is 16.5. The molecule has 0 heterocycles. The first-order chi connectivity index (χ1) is 9.70. The Bertz CT molecular complexity index is 385. The second kappa shape index (κ2) is 7.68. The summed E-state index contributed by atoms with van der Waals surface area (Å²) < 4.78 is 6.02. The van der Waals surface area contributed by atoms with E-state index in [2.05, 4.69) is 26.0 Å². The van der Waals surface area contributed by atoms with Crippen molar-refractivity contribution >= 4 is 0 Å². The van der Waals surface area contributed by atoms with Crippen LogP contribution in [0.5, 0.6) is 5.75 Å². The molecule has 112 valence electrons. The molecule has 1 aliphatic rings. The van der Waals surface area contributed by atoms with Crippen LogP contribution in [-0.4, -0.2) is 17.3 Å². The van der Waals surface area contributed by atoms with E-state index in [1.807, 2.05) is 12.1 Å². The Hall–Kier alpha value is -1.02. The summed E-state index contributed by atoms with van der Waals surface area (Å²) in [6, 6.07) is 8.40. The fourth-order valence-electron chi connectivity index (χ4n) is 2.85. The Morgan fingerprint density at radius 1 is 1.10 bits per heavy atom. The number of benzene rings is 1. The van der Waals surface area contributed by atoms with Crippen LogP contribution >= 0.6 is 0 Å². The van der Waals surface area contributed by atoms with Gasteiger partial charge in [-0.25, -0.2) is 0 Å². The van der Waals surface area contributed by atoms with E-state index in [0.717, 1.165) is 37.9 Å². The minimum absolute atomic E-state index is 0.0373. The first-order valence-corrected chi connectivity index (χ1v) is 8.15. The highest BCUT2D eigenvalue weighted by Gasteiger charge is 2.22. The van der Waals surface area contributed by atoms with Crippen LogP contribution in [-0.2, 0) is 0 Å². The average Bonchev–Trinajstić information content (AvgIpc) is 2.47. The molecule has 3 atom stereocenters. The molecule has 1 aliphatic carbocycles. The lowest BCUT2D eigenvalue weighted by atomic mass is 9.96. The van der Waals surface area contributed by atoms with Crippen molar-refractivity contribution in [2.24, 2.45) is 0 Å². The smallest absolute Gasteiger partial charge is 0.124 e. The molecule has 2 rings (SSSR count). The SMILES string of the molecule is CCC(C)c1ccc(OC2CCCCCCC2O)cc1. The normalized spacial score (nSPS) is 25.6. The first kappa shape index (κ1) is 15.4. The summed E-state index contributed by atoms with van der Waals surface area (Å²) in [5.74, 6) is 1.48. The summed E-state index contributed by atoms with van der Waals surface area (Å²) in [6.45, 7) is 4.45. The van der Waals surface area contributed by atoms with E-state index in [0.29, 0.717) is 5.92 Å². The Labute approximate surface area is 123 Å². The molecule has 0 saturated heterocycles. The van der Waals surface area contributed by atoms with E-state index in [1.165, 1.54) is 18.4 Å². The van der Waals surface area contributed by atoms with Crippen molar-refractivity contribution in [3.63, 3.8) is 0 Å². The van der Waals surface area contributed by atoms with Gasteiger partial charge in [-0.3, -0.25) is 0 Å². The van der Waals surface area contributed by atoms with Gasteiger partial charge in [0, 0.05) is 0 Å². The van der Waals surface area contributed by atoms with E-state index in [4.69, 9.17) is 4.74 Å². The van der Waals surface area contributed by atoms with Gasteiger partial charge in [-0.2, -0.15) is 0 Å². The number of aliphatic hydroxyl groups excluding tert-OH is 1. The highest BCUT2D eigenvalue weighted by molar-refractivity contribution is 5.29. The van der Waals surface area contributed by atoms with E-state index in [1.54, 1.807) is 0 Å². The number of ether oxygens (including phenoxy) is 1.